The van der Waals surface area contributed by atoms with Crippen LogP contribution in [0.15, 0.2) is 30.3 Å². The van der Waals surface area contributed by atoms with Crippen molar-refractivity contribution in [3.8, 4) is 0 Å². The molecule has 1 aromatic rings. The van der Waals surface area contributed by atoms with Crippen molar-refractivity contribution in [2.45, 2.75) is 187 Å². The van der Waals surface area contributed by atoms with E-state index in [1.54, 1.807) is 0 Å². The second-order valence-electron chi connectivity index (χ2n) is 20.6. The van der Waals surface area contributed by atoms with E-state index in [9.17, 15) is 0 Å². The summed E-state index contributed by atoms with van der Waals surface area (Å²) in [7, 11) is -3.90. The van der Waals surface area contributed by atoms with Crippen molar-refractivity contribution >= 4 is 16.6 Å². The Morgan fingerprint density at radius 3 is 1.94 bits per heavy atom. The van der Waals surface area contributed by atoms with Crippen LogP contribution in [0.5, 0.6) is 0 Å². The molecule has 5 nitrogen and oxygen atoms in total. The third-order valence-corrected chi connectivity index (χ3v) is 24.3. The summed E-state index contributed by atoms with van der Waals surface area (Å²) < 4.78 is 36.0. The van der Waals surface area contributed by atoms with Gasteiger partial charge in [-0.1, -0.05) is 85.7 Å². The van der Waals surface area contributed by atoms with Crippen LogP contribution in [0.2, 0.25) is 36.3 Å². The Balaban J connectivity index is 1.38. The number of fused-ring (bicyclic) bond motifs is 8. The van der Waals surface area contributed by atoms with Crippen LogP contribution in [0.4, 0.5) is 0 Å². The summed E-state index contributed by atoms with van der Waals surface area (Å²) in [5.41, 5.74) is 1.37. The molecule has 6 rings (SSSR count). The maximum atomic E-state index is 7.33. The van der Waals surface area contributed by atoms with Crippen LogP contribution in [-0.4, -0.2) is 52.9 Å². The molecule has 1 aromatic carbocycles. The SMILES string of the molecule is CC1(C)O[C@@H]2C3C(CC[C@@]4(C)C3CC[C@@H]4O[Si](C)(C)C(C)(C)C)[C@]3(C)C(CC(O[Si](C)(C)C(C)(C)C)C[C@@H]3OCc3ccccc3)[C@H]2O1. The van der Waals surface area contributed by atoms with Crippen molar-refractivity contribution in [1.29, 1.82) is 0 Å². The van der Waals surface area contributed by atoms with E-state index >= 15 is 0 Å². The van der Waals surface area contributed by atoms with E-state index in [0.717, 1.165) is 19.3 Å². The minimum atomic E-state index is -1.99. The molecule has 1 heterocycles. The van der Waals surface area contributed by atoms with Gasteiger partial charge in [0.05, 0.1) is 31.0 Å². The highest BCUT2D eigenvalue weighted by atomic mass is 28.4. The monoisotopic (exact) mass is 698 g/mol. The fraction of sp³-hybridized carbons (Fsp3) is 0.854. The topological polar surface area (TPSA) is 46.2 Å². The minimum Gasteiger partial charge on any atom is -0.414 e. The molecule has 0 radical (unpaired) electrons. The molecule has 5 unspecified atom stereocenters. The number of hydrogen-bond donors (Lipinski definition) is 0. The third-order valence-electron chi connectivity index (χ3n) is 15.3. The smallest absolute Gasteiger partial charge is 0.192 e. The summed E-state index contributed by atoms with van der Waals surface area (Å²) in [6.45, 7) is 34.0. The molecule has 48 heavy (non-hydrogen) atoms. The van der Waals surface area contributed by atoms with Crippen molar-refractivity contribution in [2.24, 2.45) is 34.5 Å². The van der Waals surface area contributed by atoms with E-state index in [1.807, 2.05) is 0 Å². The molecule has 0 spiro atoms. The van der Waals surface area contributed by atoms with Gasteiger partial charge in [-0.05, 0) is 123 Å². The van der Waals surface area contributed by atoms with Crippen molar-refractivity contribution in [3.05, 3.63) is 35.9 Å². The molecule has 0 aromatic heterocycles. The van der Waals surface area contributed by atoms with Gasteiger partial charge in [-0.3, -0.25) is 0 Å². The van der Waals surface area contributed by atoms with Crippen LogP contribution in [0.25, 0.3) is 0 Å². The van der Waals surface area contributed by atoms with Crippen LogP contribution in [0, 0.1) is 34.5 Å². The normalized spacial score (nSPS) is 41.3. The third kappa shape index (κ3) is 6.29. The van der Waals surface area contributed by atoms with Gasteiger partial charge in [0, 0.05) is 11.5 Å². The zero-order valence-electron chi connectivity index (χ0n) is 33.1. The lowest BCUT2D eigenvalue weighted by atomic mass is 9.43. The summed E-state index contributed by atoms with van der Waals surface area (Å²) in [5, 5.41) is 0.360. The second kappa shape index (κ2) is 12.3. The maximum absolute atomic E-state index is 7.33. The van der Waals surface area contributed by atoms with Gasteiger partial charge >= 0.3 is 0 Å². The second-order valence-corrected chi connectivity index (χ2v) is 30.1. The molecule has 272 valence electrons. The fourth-order valence-electron chi connectivity index (χ4n) is 10.6. The first-order chi connectivity index (χ1) is 22.0. The van der Waals surface area contributed by atoms with Crippen molar-refractivity contribution in [1.82, 2.24) is 0 Å². The molecular weight excluding hydrogens is 629 g/mol. The van der Waals surface area contributed by atoms with E-state index < -0.39 is 22.4 Å². The summed E-state index contributed by atoms with van der Waals surface area (Å²) in [4.78, 5) is 0. The molecule has 0 amide bonds. The van der Waals surface area contributed by atoms with E-state index in [4.69, 9.17) is 23.1 Å². The van der Waals surface area contributed by atoms with Crippen molar-refractivity contribution in [3.63, 3.8) is 0 Å². The van der Waals surface area contributed by atoms with Gasteiger partial charge in [-0.2, -0.15) is 0 Å². The van der Waals surface area contributed by atoms with Crippen LogP contribution < -0.4 is 0 Å². The van der Waals surface area contributed by atoms with Crippen LogP contribution >= 0.6 is 0 Å². The van der Waals surface area contributed by atoms with Gasteiger partial charge in [0.1, 0.15) is 0 Å². The average Bonchev–Trinajstić information content (AvgIpc) is 3.46. The largest absolute Gasteiger partial charge is 0.414 e. The Morgan fingerprint density at radius 2 is 1.31 bits per heavy atom. The zero-order chi connectivity index (χ0) is 35.3. The lowest BCUT2D eigenvalue weighted by molar-refractivity contribution is -0.238. The Bertz CT molecular complexity index is 1300. The summed E-state index contributed by atoms with van der Waals surface area (Å²) >= 11 is 0. The summed E-state index contributed by atoms with van der Waals surface area (Å²) in [6, 6.07) is 10.8. The minimum absolute atomic E-state index is 0.0304. The first-order valence-electron chi connectivity index (χ1n) is 19.4. The highest BCUT2D eigenvalue weighted by molar-refractivity contribution is 6.74. The van der Waals surface area contributed by atoms with Gasteiger partial charge in [0.2, 0.25) is 0 Å². The summed E-state index contributed by atoms with van der Waals surface area (Å²) in [6.07, 6.45) is 7.50. The van der Waals surface area contributed by atoms with Gasteiger partial charge < -0.3 is 23.1 Å². The molecule has 0 bridgehead atoms. The molecule has 5 fully saturated rings. The van der Waals surface area contributed by atoms with Gasteiger partial charge in [0.15, 0.2) is 22.4 Å². The Morgan fingerprint density at radius 1 is 0.708 bits per heavy atom. The van der Waals surface area contributed by atoms with E-state index in [-0.39, 0.29) is 45.3 Å². The molecular formula is C41H70O5Si2. The highest BCUT2D eigenvalue weighted by Gasteiger charge is 2.71. The van der Waals surface area contributed by atoms with Crippen LogP contribution in [0.1, 0.15) is 113 Å². The van der Waals surface area contributed by atoms with Crippen LogP contribution in [0.3, 0.4) is 0 Å². The predicted octanol–water partition coefficient (Wildman–Crippen LogP) is 10.7. The number of ether oxygens (including phenoxy) is 3. The maximum Gasteiger partial charge on any atom is 0.192 e. The average molecular weight is 699 g/mol. The lowest BCUT2D eigenvalue weighted by Crippen LogP contribution is -2.68. The summed E-state index contributed by atoms with van der Waals surface area (Å²) in [5.74, 6) is 1.23. The molecule has 5 aliphatic rings. The highest BCUT2D eigenvalue weighted by Crippen LogP contribution is 2.69. The lowest BCUT2D eigenvalue weighted by Gasteiger charge is -2.65. The first kappa shape index (κ1) is 37.2. The Labute approximate surface area is 296 Å². The van der Waals surface area contributed by atoms with Gasteiger partial charge in [-0.15, -0.1) is 0 Å². The molecule has 11 atom stereocenters. The van der Waals surface area contributed by atoms with Crippen LogP contribution in [-0.2, 0) is 29.7 Å². The van der Waals surface area contributed by atoms with Gasteiger partial charge in [0.25, 0.3) is 0 Å². The predicted molar refractivity (Wildman–Crippen MR) is 201 cm³/mol. The quantitative estimate of drug-likeness (QED) is 0.265. The number of benzene rings is 1. The van der Waals surface area contributed by atoms with Gasteiger partial charge in [-0.25, -0.2) is 0 Å². The molecule has 1 aliphatic heterocycles. The van der Waals surface area contributed by atoms with Crippen molar-refractivity contribution < 1.29 is 23.1 Å². The standard InChI is InChI=1S/C41H70O5Si2/c1-37(2,3)47(11,12)45-28-24-31-35-36(44-39(7,8)43-35)34-29-20-21-32(46-48(13,14)38(4,5)6)40(29,9)23-22-30(34)41(31,10)33(25-28)42-26-27-18-16-15-17-19-27/h15-19,28-36H,20-26H2,1-14H3/t28?,29?,30?,31?,32-,33-,34?,35+,36+,40-,41+/m0/s1. The fourth-order valence-corrected chi connectivity index (χ4v) is 13.4. The first-order valence-corrected chi connectivity index (χ1v) is 25.2. The molecule has 4 saturated carbocycles. The molecule has 7 heteroatoms. The molecule has 4 aliphatic carbocycles. The number of hydrogen-bond acceptors (Lipinski definition) is 5. The van der Waals surface area contributed by atoms with E-state index in [2.05, 4.69) is 126 Å². The number of rotatable bonds is 7. The Hall–Kier alpha value is -0.546. The molecule has 0 N–H and O–H groups in total. The van der Waals surface area contributed by atoms with Crippen molar-refractivity contribution in [2.75, 3.05) is 0 Å². The van der Waals surface area contributed by atoms with E-state index in [1.165, 1.54) is 24.8 Å². The zero-order valence-corrected chi connectivity index (χ0v) is 35.1. The van der Waals surface area contributed by atoms with E-state index in [0.29, 0.717) is 36.4 Å². The Kier molecular flexibility index (Phi) is 9.51. The molecule has 1 saturated heterocycles.